The Morgan fingerprint density at radius 1 is 0.938 bits per heavy atom. The Kier molecular flexibility index (Phi) is 2.57. The van der Waals surface area contributed by atoms with Crippen molar-refractivity contribution in [3.63, 3.8) is 0 Å². The maximum Gasteiger partial charge on any atom is 0.125 e. The Labute approximate surface area is 95.4 Å². The largest absolute Gasteiger partial charge is 0.507 e. The van der Waals surface area contributed by atoms with Crippen molar-refractivity contribution in [2.75, 3.05) is 5.73 Å². The summed E-state index contributed by atoms with van der Waals surface area (Å²) in [5, 5.41) is 9.86. The van der Waals surface area contributed by atoms with Crippen molar-refractivity contribution in [3.8, 4) is 16.9 Å². The molecule has 2 nitrogen and oxygen atoms in total. The second kappa shape index (κ2) is 3.89. The lowest BCUT2D eigenvalue weighted by Gasteiger charge is -2.09. The predicted molar refractivity (Wildman–Crippen MR) is 67.4 cm³/mol. The minimum absolute atomic E-state index is 0.229. The molecule has 2 aromatic carbocycles. The smallest absolute Gasteiger partial charge is 0.125 e. The van der Waals surface area contributed by atoms with Crippen molar-refractivity contribution in [2.45, 2.75) is 13.8 Å². The highest BCUT2D eigenvalue weighted by Crippen LogP contribution is 2.33. The number of phenolic OH excluding ortho intramolecular Hbond substituents is 1. The van der Waals surface area contributed by atoms with Crippen LogP contribution in [0.25, 0.3) is 11.1 Å². The molecule has 0 aliphatic carbocycles. The number of nitrogens with two attached hydrogens (primary N) is 1. The van der Waals surface area contributed by atoms with Crippen molar-refractivity contribution in [1.29, 1.82) is 0 Å². The van der Waals surface area contributed by atoms with Crippen LogP contribution < -0.4 is 5.73 Å². The van der Waals surface area contributed by atoms with Gasteiger partial charge in [-0.2, -0.15) is 0 Å². The van der Waals surface area contributed by atoms with E-state index in [0.29, 0.717) is 5.69 Å². The fraction of sp³-hybridized carbons (Fsp3) is 0.143. The first-order chi connectivity index (χ1) is 7.58. The van der Waals surface area contributed by atoms with Crippen molar-refractivity contribution < 1.29 is 5.11 Å². The predicted octanol–water partition coefficient (Wildman–Crippen LogP) is 3.26. The first kappa shape index (κ1) is 10.6. The fourth-order valence-corrected chi connectivity index (χ4v) is 1.89. The molecule has 0 aliphatic rings. The quantitative estimate of drug-likeness (QED) is 0.714. The first-order valence-corrected chi connectivity index (χ1v) is 5.24. The van der Waals surface area contributed by atoms with Crippen LogP contribution in [0.1, 0.15) is 11.1 Å². The standard InChI is InChI=1S/C14H15NO/c1-9-3-5-12(10(2)7-9)13-6-4-11(15)8-14(13)16/h3-8,16H,15H2,1-2H3. The third kappa shape index (κ3) is 1.87. The van der Waals surface area contributed by atoms with E-state index in [1.807, 2.05) is 25.1 Å². The molecule has 0 aromatic heterocycles. The van der Waals surface area contributed by atoms with E-state index in [2.05, 4.69) is 13.0 Å². The molecule has 0 spiro atoms. The zero-order chi connectivity index (χ0) is 11.7. The molecule has 0 fully saturated rings. The second-order valence-corrected chi connectivity index (χ2v) is 4.09. The summed E-state index contributed by atoms with van der Waals surface area (Å²) in [6.45, 7) is 4.09. The molecule has 0 heterocycles. The number of aryl methyl sites for hydroxylation is 2. The van der Waals surface area contributed by atoms with Gasteiger partial charge in [0.15, 0.2) is 0 Å². The minimum atomic E-state index is 0.229. The Balaban J connectivity index is 2.59. The molecule has 82 valence electrons. The van der Waals surface area contributed by atoms with Crippen LogP contribution in [0.15, 0.2) is 36.4 Å². The molecule has 16 heavy (non-hydrogen) atoms. The van der Waals surface area contributed by atoms with E-state index in [1.165, 1.54) is 5.56 Å². The molecule has 0 bridgehead atoms. The Morgan fingerprint density at radius 2 is 1.62 bits per heavy atom. The highest BCUT2D eigenvalue weighted by molar-refractivity contribution is 5.75. The fourth-order valence-electron chi connectivity index (χ4n) is 1.89. The van der Waals surface area contributed by atoms with Crippen LogP contribution in [0, 0.1) is 13.8 Å². The second-order valence-electron chi connectivity index (χ2n) is 4.09. The van der Waals surface area contributed by atoms with E-state index >= 15 is 0 Å². The molecule has 0 saturated heterocycles. The maximum absolute atomic E-state index is 9.86. The normalized spacial score (nSPS) is 10.4. The summed E-state index contributed by atoms with van der Waals surface area (Å²) >= 11 is 0. The monoisotopic (exact) mass is 213 g/mol. The Bertz CT molecular complexity index is 483. The van der Waals surface area contributed by atoms with E-state index in [-0.39, 0.29) is 5.75 Å². The van der Waals surface area contributed by atoms with Gasteiger partial charge in [0.2, 0.25) is 0 Å². The number of nitrogen functional groups attached to an aromatic ring is 1. The molecular formula is C14H15NO. The first-order valence-electron chi connectivity index (χ1n) is 5.24. The maximum atomic E-state index is 9.86. The van der Waals surface area contributed by atoms with E-state index < -0.39 is 0 Å². The number of phenols is 1. The average Bonchev–Trinajstić information content (AvgIpc) is 2.19. The van der Waals surface area contributed by atoms with Crippen molar-refractivity contribution in [3.05, 3.63) is 47.5 Å². The topological polar surface area (TPSA) is 46.2 Å². The summed E-state index contributed by atoms with van der Waals surface area (Å²) in [4.78, 5) is 0. The van der Waals surface area contributed by atoms with Gasteiger partial charge in [0, 0.05) is 17.3 Å². The zero-order valence-electron chi connectivity index (χ0n) is 9.49. The van der Waals surface area contributed by atoms with Gasteiger partial charge in [0.1, 0.15) is 5.75 Å². The van der Waals surface area contributed by atoms with Crippen LogP contribution in [0.5, 0.6) is 5.75 Å². The van der Waals surface area contributed by atoms with Gasteiger partial charge in [0.25, 0.3) is 0 Å². The molecule has 0 amide bonds. The Hall–Kier alpha value is -1.96. The molecule has 2 heteroatoms. The lowest BCUT2D eigenvalue weighted by Crippen LogP contribution is -1.88. The molecular weight excluding hydrogens is 198 g/mol. The summed E-state index contributed by atoms with van der Waals surface area (Å²) < 4.78 is 0. The molecule has 0 aliphatic heterocycles. The summed E-state index contributed by atoms with van der Waals surface area (Å²) in [5.74, 6) is 0.229. The van der Waals surface area contributed by atoms with E-state index in [1.54, 1.807) is 12.1 Å². The number of anilines is 1. The van der Waals surface area contributed by atoms with E-state index in [0.717, 1.165) is 16.7 Å². The molecule has 0 saturated carbocycles. The third-order valence-electron chi connectivity index (χ3n) is 2.69. The lowest BCUT2D eigenvalue weighted by atomic mass is 9.98. The minimum Gasteiger partial charge on any atom is -0.507 e. The zero-order valence-corrected chi connectivity index (χ0v) is 9.49. The van der Waals surface area contributed by atoms with Crippen LogP contribution in [0.2, 0.25) is 0 Å². The van der Waals surface area contributed by atoms with Crippen LogP contribution in [0.3, 0.4) is 0 Å². The van der Waals surface area contributed by atoms with Gasteiger partial charge in [-0.1, -0.05) is 23.8 Å². The molecule has 3 N–H and O–H groups in total. The van der Waals surface area contributed by atoms with Gasteiger partial charge in [-0.25, -0.2) is 0 Å². The lowest BCUT2D eigenvalue weighted by molar-refractivity contribution is 0.477. The van der Waals surface area contributed by atoms with Gasteiger partial charge in [-0.05, 0) is 37.1 Å². The van der Waals surface area contributed by atoms with Gasteiger partial charge in [0.05, 0.1) is 0 Å². The van der Waals surface area contributed by atoms with Crippen LogP contribution >= 0.6 is 0 Å². The summed E-state index contributed by atoms with van der Waals surface area (Å²) in [7, 11) is 0. The Morgan fingerprint density at radius 3 is 2.25 bits per heavy atom. The average molecular weight is 213 g/mol. The van der Waals surface area contributed by atoms with Gasteiger partial charge in [-0.15, -0.1) is 0 Å². The van der Waals surface area contributed by atoms with E-state index in [4.69, 9.17) is 5.73 Å². The number of benzene rings is 2. The molecule has 2 rings (SSSR count). The van der Waals surface area contributed by atoms with Crippen molar-refractivity contribution in [2.24, 2.45) is 0 Å². The molecule has 0 atom stereocenters. The summed E-state index contributed by atoms with van der Waals surface area (Å²) in [6.07, 6.45) is 0. The van der Waals surface area contributed by atoms with Gasteiger partial charge in [-0.3, -0.25) is 0 Å². The van der Waals surface area contributed by atoms with Crippen LogP contribution in [-0.2, 0) is 0 Å². The van der Waals surface area contributed by atoms with Crippen LogP contribution in [0.4, 0.5) is 5.69 Å². The number of hydrogen-bond acceptors (Lipinski definition) is 2. The van der Waals surface area contributed by atoms with Crippen LogP contribution in [-0.4, -0.2) is 5.11 Å². The SMILES string of the molecule is Cc1ccc(-c2ccc(N)cc2O)c(C)c1. The highest BCUT2D eigenvalue weighted by atomic mass is 16.3. The van der Waals surface area contributed by atoms with Crippen molar-refractivity contribution in [1.82, 2.24) is 0 Å². The molecule has 0 radical (unpaired) electrons. The van der Waals surface area contributed by atoms with Gasteiger partial charge >= 0.3 is 0 Å². The third-order valence-corrected chi connectivity index (χ3v) is 2.69. The van der Waals surface area contributed by atoms with E-state index in [9.17, 15) is 5.11 Å². The highest BCUT2D eigenvalue weighted by Gasteiger charge is 2.07. The summed E-state index contributed by atoms with van der Waals surface area (Å²) in [5.41, 5.74) is 10.4. The van der Waals surface area contributed by atoms with Gasteiger partial charge < -0.3 is 10.8 Å². The number of aromatic hydroxyl groups is 1. The molecule has 0 unspecified atom stereocenters. The van der Waals surface area contributed by atoms with Crippen molar-refractivity contribution >= 4 is 5.69 Å². The number of hydrogen-bond donors (Lipinski definition) is 2. The summed E-state index contributed by atoms with van der Waals surface area (Å²) in [6, 6.07) is 11.4. The number of rotatable bonds is 1. The molecule has 2 aromatic rings.